The molecule has 0 fully saturated rings. The van der Waals surface area contributed by atoms with Crippen molar-refractivity contribution in [2.75, 3.05) is 13.7 Å². The minimum absolute atomic E-state index is 0.0562. The highest BCUT2D eigenvalue weighted by Crippen LogP contribution is 2.36. The average Bonchev–Trinajstić information content (AvgIpc) is 2.62. The number of carbonyl (C=O) groups is 1. The van der Waals surface area contributed by atoms with E-state index in [2.05, 4.69) is 4.98 Å². The summed E-state index contributed by atoms with van der Waals surface area (Å²) in [7, 11) is 1.59. The first-order chi connectivity index (χ1) is 11.3. The minimum atomic E-state index is -0.390. The van der Waals surface area contributed by atoms with Crippen LogP contribution in [0.5, 0.6) is 11.5 Å². The van der Waals surface area contributed by atoms with E-state index in [9.17, 15) is 4.79 Å². The molecule has 23 heavy (non-hydrogen) atoms. The summed E-state index contributed by atoms with van der Waals surface area (Å²) in [5, 5.41) is 1.96. The van der Waals surface area contributed by atoms with E-state index < -0.39 is 0 Å². The van der Waals surface area contributed by atoms with Gasteiger partial charge in [-0.25, -0.2) is 0 Å². The largest absolute Gasteiger partial charge is 0.495 e. The summed E-state index contributed by atoms with van der Waals surface area (Å²) >= 11 is 0. The first kappa shape index (κ1) is 13.8. The van der Waals surface area contributed by atoms with Crippen LogP contribution in [0.3, 0.4) is 0 Å². The van der Waals surface area contributed by atoms with Crippen molar-refractivity contribution in [1.82, 2.24) is 4.98 Å². The number of ketones is 1. The maximum Gasteiger partial charge on any atom is 0.179 e. The predicted molar refractivity (Wildman–Crippen MR) is 87.3 cm³/mol. The molecular weight excluding hydrogens is 290 g/mol. The quantitative estimate of drug-likeness (QED) is 0.726. The molecule has 0 aliphatic carbocycles. The molecular formula is C19H15NO3. The van der Waals surface area contributed by atoms with Crippen molar-refractivity contribution in [2.45, 2.75) is 5.92 Å². The predicted octanol–water partition coefficient (Wildman–Crippen LogP) is 3.60. The third-order valence-corrected chi connectivity index (χ3v) is 4.21. The second-order valence-electron chi connectivity index (χ2n) is 5.51. The number of aromatic nitrogens is 1. The van der Waals surface area contributed by atoms with E-state index >= 15 is 0 Å². The van der Waals surface area contributed by atoms with Crippen molar-refractivity contribution in [3.63, 3.8) is 0 Å². The molecule has 1 aliphatic rings. The lowest BCUT2D eigenvalue weighted by Crippen LogP contribution is -2.27. The lowest BCUT2D eigenvalue weighted by atomic mass is 9.89. The van der Waals surface area contributed by atoms with Gasteiger partial charge in [-0.2, -0.15) is 0 Å². The minimum Gasteiger partial charge on any atom is -0.495 e. The van der Waals surface area contributed by atoms with Crippen molar-refractivity contribution in [3.05, 3.63) is 66.0 Å². The molecule has 0 bridgehead atoms. The normalized spacial score (nSPS) is 16.7. The summed E-state index contributed by atoms with van der Waals surface area (Å²) in [4.78, 5) is 17.4. The van der Waals surface area contributed by atoms with Gasteiger partial charge < -0.3 is 9.47 Å². The lowest BCUT2D eigenvalue weighted by molar-refractivity contribution is 0.0896. The van der Waals surface area contributed by atoms with Crippen LogP contribution in [0.25, 0.3) is 10.8 Å². The Bertz CT molecular complexity index is 887. The van der Waals surface area contributed by atoms with Crippen molar-refractivity contribution in [1.29, 1.82) is 0 Å². The van der Waals surface area contributed by atoms with Crippen LogP contribution in [-0.2, 0) is 0 Å². The Balaban J connectivity index is 1.80. The van der Waals surface area contributed by atoms with Crippen LogP contribution >= 0.6 is 0 Å². The first-order valence-corrected chi connectivity index (χ1v) is 7.46. The molecule has 0 amide bonds. The number of Topliss-reactive ketones (excluding diaryl/α,β-unsaturated/α-hetero) is 1. The third-order valence-electron chi connectivity index (χ3n) is 4.21. The highest BCUT2D eigenvalue weighted by atomic mass is 16.5. The maximum atomic E-state index is 13.0. The van der Waals surface area contributed by atoms with Gasteiger partial charge in [0.2, 0.25) is 0 Å². The Morgan fingerprint density at radius 3 is 2.78 bits per heavy atom. The second kappa shape index (κ2) is 5.39. The summed E-state index contributed by atoms with van der Waals surface area (Å²) in [5.74, 6) is 0.988. The molecule has 3 aromatic rings. The summed E-state index contributed by atoms with van der Waals surface area (Å²) in [5.41, 5.74) is 1.35. The van der Waals surface area contributed by atoms with E-state index in [1.165, 1.54) is 0 Å². The second-order valence-corrected chi connectivity index (χ2v) is 5.51. The van der Waals surface area contributed by atoms with Gasteiger partial charge in [-0.1, -0.05) is 30.3 Å². The van der Waals surface area contributed by atoms with Gasteiger partial charge in [0.1, 0.15) is 18.1 Å². The van der Waals surface area contributed by atoms with Crippen LogP contribution in [0, 0.1) is 0 Å². The Morgan fingerprint density at radius 2 is 2.00 bits per heavy atom. The van der Waals surface area contributed by atoms with Crippen molar-refractivity contribution in [2.24, 2.45) is 0 Å². The van der Waals surface area contributed by atoms with Gasteiger partial charge >= 0.3 is 0 Å². The number of methoxy groups -OCH3 is 1. The Kier molecular flexibility index (Phi) is 3.23. The van der Waals surface area contributed by atoms with Crippen LogP contribution in [0.15, 0.2) is 54.7 Å². The van der Waals surface area contributed by atoms with Gasteiger partial charge in [0, 0.05) is 0 Å². The van der Waals surface area contributed by atoms with Crippen LogP contribution < -0.4 is 9.47 Å². The number of carbonyl (C=O) groups excluding carboxylic acids is 1. The van der Waals surface area contributed by atoms with Gasteiger partial charge in [0.05, 0.1) is 30.5 Å². The van der Waals surface area contributed by atoms with Crippen molar-refractivity contribution >= 4 is 16.6 Å². The van der Waals surface area contributed by atoms with Gasteiger partial charge in [-0.3, -0.25) is 9.78 Å². The summed E-state index contributed by atoms with van der Waals surface area (Å²) in [6.45, 7) is 0.309. The van der Waals surface area contributed by atoms with E-state index in [1.54, 1.807) is 13.3 Å². The topological polar surface area (TPSA) is 48.4 Å². The molecule has 2 aromatic carbocycles. The standard InChI is InChI=1S/C19H15NO3/c1-22-13-7-8-16(20-10-13)15-11-23-17-9-6-12-4-2-3-5-14(12)18(17)19(15)21/h2-10,15H,11H2,1H3. The molecule has 1 atom stereocenters. The Labute approximate surface area is 133 Å². The molecule has 4 rings (SSSR count). The van der Waals surface area contributed by atoms with Crippen LogP contribution in [-0.4, -0.2) is 24.5 Å². The molecule has 1 unspecified atom stereocenters. The number of hydrogen-bond acceptors (Lipinski definition) is 4. The van der Waals surface area contributed by atoms with Crippen molar-refractivity contribution < 1.29 is 14.3 Å². The summed E-state index contributed by atoms with van der Waals surface area (Å²) in [6, 6.07) is 15.3. The molecule has 4 nitrogen and oxygen atoms in total. The number of hydrogen-bond donors (Lipinski definition) is 0. The molecule has 0 radical (unpaired) electrons. The highest BCUT2D eigenvalue weighted by Gasteiger charge is 2.32. The smallest absolute Gasteiger partial charge is 0.179 e. The lowest BCUT2D eigenvalue weighted by Gasteiger charge is -2.25. The van der Waals surface area contributed by atoms with Gasteiger partial charge in [-0.15, -0.1) is 0 Å². The van der Waals surface area contributed by atoms with Crippen LogP contribution in [0.4, 0.5) is 0 Å². The van der Waals surface area contributed by atoms with E-state index in [-0.39, 0.29) is 11.7 Å². The van der Waals surface area contributed by atoms with Crippen molar-refractivity contribution in [3.8, 4) is 11.5 Å². The number of fused-ring (bicyclic) bond motifs is 3. The Morgan fingerprint density at radius 1 is 1.13 bits per heavy atom. The maximum absolute atomic E-state index is 13.0. The van der Waals surface area contributed by atoms with Crippen LogP contribution in [0.1, 0.15) is 22.0 Å². The number of rotatable bonds is 2. The molecule has 114 valence electrons. The number of pyridine rings is 1. The molecule has 2 heterocycles. The van der Waals surface area contributed by atoms with Gasteiger partial charge in [-0.05, 0) is 29.0 Å². The van der Waals surface area contributed by atoms with E-state index in [4.69, 9.17) is 9.47 Å². The fraction of sp³-hybridized carbons (Fsp3) is 0.158. The molecule has 0 spiro atoms. The van der Waals surface area contributed by atoms with E-state index in [0.717, 1.165) is 10.8 Å². The fourth-order valence-corrected chi connectivity index (χ4v) is 2.99. The Hall–Kier alpha value is -2.88. The van der Waals surface area contributed by atoms with Gasteiger partial charge in [0.15, 0.2) is 5.78 Å². The van der Waals surface area contributed by atoms with E-state index in [1.807, 2.05) is 48.5 Å². The summed E-state index contributed by atoms with van der Waals surface area (Å²) in [6.07, 6.45) is 1.63. The zero-order valence-electron chi connectivity index (χ0n) is 12.7. The molecule has 0 N–H and O–H groups in total. The number of ether oxygens (including phenoxy) is 2. The van der Waals surface area contributed by atoms with E-state index in [0.29, 0.717) is 29.4 Å². The molecule has 0 saturated heterocycles. The number of nitrogens with zero attached hydrogens (tertiary/aromatic N) is 1. The molecule has 1 aromatic heterocycles. The number of benzene rings is 2. The van der Waals surface area contributed by atoms with Crippen LogP contribution in [0.2, 0.25) is 0 Å². The SMILES string of the molecule is COc1ccc(C2COc3ccc4ccccc4c3C2=O)nc1. The zero-order chi connectivity index (χ0) is 15.8. The molecule has 4 heteroatoms. The first-order valence-electron chi connectivity index (χ1n) is 7.46. The molecule has 1 aliphatic heterocycles. The van der Waals surface area contributed by atoms with Gasteiger partial charge in [0.25, 0.3) is 0 Å². The molecule has 0 saturated carbocycles. The third kappa shape index (κ3) is 2.23. The fourth-order valence-electron chi connectivity index (χ4n) is 2.99. The zero-order valence-corrected chi connectivity index (χ0v) is 12.7. The highest BCUT2D eigenvalue weighted by molar-refractivity contribution is 6.13. The average molecular weight is 305 g/mol. The summed E-state index contributed by atoms with van der Waals surface area (Å²) < 4.78 is 11.0. The monoisotopic (exact) mass is 305 g/mol.